The topological polar surface area (TPSA) is 17.1 Å². The van der Waals surface area contributed by atoms with Gasteiger partial charge in [-0.2, -0.15) is 0 Å². The zero-order valence-electron chi connectivity index (χ0n) is 10.6. The smallest absolute Gasteiger partial charge is 0.197 e. The fourth-order valence-electron chi connectivity index (χ4n) is 2.52. The van der Waals surface area contributed by atoms with E-state index in [1.165, 1.54) is 36.6 Å². The van der Waals surface area contributed by atoms with E-state index in [1.807, 2.05) is 18.2 Å². The molecule has 1 fully saturated rings. The van der Waals surface area contributed by atoms with Crippen LogP contribution in [0.2, 0.25) is 0 Å². The second-order valence-electron chi connectivity index (χ2n) is 5.05. The number of thioether (sulfide) groups is 1. The van der Waals surface area contributed by atoms with E-state index in [9.17, 15) is 4.79 Å². The molecule has 0 spiro atoms. The van der Waals surface area contributed by atoms with Gasteiger partial charge in [0.1, 0.15) is 0 Å². The van der Waals surface area contributed by atoms with E-state index in [1.54, 1.807) is 0 Å². The van der Waals surface area contributed by atoms with Crippen molar-refractivity contribution in [3.8, 4) is 0 Å². The minimum Gasteiger partial charge on any atom is -0.287 e. The third kappa shape index (κ3) is 3.12. The predicted molar refractivity (Wildman–Crippen MR) is 73.2 cm³/mol. The number of aryl methyl sites for hydroxylation is 1. The molecule has 0 N–H and O–H groups in total. The molecule has 0 amide bonds. The first-order valence-corrected chi connectivity index (χ1v) is 7.27. The van der Waals surface area contributed by atoms with Crippen LogP contribution in [0.15, 0.2) is 29.2 Å². The minimum atomic E-state index is 0.272. The van der Waals surface area contributed by atoms with Crippen molar-refractivity contribution in [2.75, 3.05) is 0 Å². The molecule has 0 aromatic heterocycles. The molecule has 0 bridgehead atoms. The lowest BCUT2D eigenvalue weighted by atomic mass is 9.81. The highest BCUT2D eigenvalue weighted by molar-refractivity contribution is 8.13. The van der Waals surface area contributed by atoms with Gasteiger partial charge in [0.05, 0.1) is 0 Å². The zero-order valence-corrected chi connectivity index (χ0v) is 11.4. The van der Waals surface area contributed by atoms with Crippen LogP contribution in [0.3, 0.4) is 0 Å². The van der Waals surface area contributed by atoms with Crippen molar-refractivity contribution in [3.05, 3.63) is 29.8 Å². The number of rotatable bonds is 2. The molecule has 0 aliphatic heterocycles. The highest BCUT2D eigenvalue weighted by atomic mass is 32.2. The number of hydrogen-bond acceptors (Lipinski definition) is 2. The average molecular weight is 248 g/mol. The summed E-state index contributed by atoms with van der Waals surface area (Å²) in [5, 5.41) is 0.367. The fraction of sp³-hybridized carbons (Fsp3) is 0.533. The monoisotopic (exact) mass is 248 g/mol. The Morgan fingerprint density at radius 3 is 2.65 bits per heavy atom. The summed E-state index contributed by atoms with van der Waals surface area (Å²) >= 11 is 1.44. The Bertz CT molecular complexity index is 400. The van der Waals surface area contributed by atoms with Crippen molar-refractivity contribution >= 4 is 16.9 Å². The highest BCUT2D eigenvalue weighted by Crippen LogP contribution is 2.35. The minimum absolute atomic E-state index is 0.272. The van der Waals surface area contributed by atoms with Crippen LogP contribution in [-0.4, -0.2) is 5.12 Å². The quantitative estimate of drug-likeness (QED) is 0.720. The van der Waals surface area contributed by atoms with Gasteiger partial charge in [0.25, 0.3) is 0 Å². The molecule has 0 saturated heterocycles. The molecular formula is C15H20OS. The average Bonchev–Trinajstić information content (AvgIpc) is 2.32. The Hall–Kier alpha value is -0.760. The normalized spacial score (nSPS) is 24.6. The number of carbonyl (C=O) groups is 1. The van der Waals surface area contributed by atoms with Gasteiger partial charge in [-0.05, 0) is 37.3 Å². The molecule has 1 aliphatic carbocycles. The van der Waals surface area contributed by atoms with Crippen LogP contribution < -0.4 is 0 Å². The van der Waals surface area contributed by atoms with Gasteiger partial charge in [0.15, 0.2) is 5.12 Å². The van der Waals surface area contributed by atoms with E-state index < -0.39 is 0 Å². The Morgan fingerprint density at radius 1 is 1.24 bits per heavy atom. The lowest BCUT2D eigenvalue weighted by Crippen LogP contribution is -2.23. The van der Waals surface area contributed by atoms with Crippen molar-refractivity contribution in [3.63, 3.8) is 0 Å². The van der Waals surface area contributed by atoms with E-state index in [4.69, 9.17) is 0 Å². The first-order valence-electron chi connectivity index (χ1n) is 6.46. The van der Waals surface area contributed by atoms with Crippen molar-refractivity contribution in [2.24, 2.45) is 11.8 Å². The molecule has 0 radical (unpaired) electrons. The lowest BCUT2D eigenvalue weighted by molar-refractivity contribution is -0.116. The summed E-state index contributed by atoms with van der Waals surface area (Å²) in [6, 6.07) is 8.14. The SMILES string of the molecule is Cc1ccccc1SC(=O)C1CCCCC1C. The molecule has 2 atom stereocenters. The van der Waals surface area contributed by atoms with Gasteiger partial charge in [0.2, 0.25) is 0 Å². The van der Waals surface area contributed by atoms with Gasteiger partial charge in [0, 0.05) is 10.8 Å². The molecule has 2 heteroatoms. The van der Waals surface area contributed by atoms with E-state index in [0.29, 0.717) is 11.0 Å². The number of benzene rings is 1. The third-order valence-electron chi connectivity index (χ3n) is 3.72. The fourth-order valence-corrected chi connectivity index (χ4v) is 3.62. The summed E-state index contributed by atoms with van der Waals surface area (Å²) in [6.45, 7) is 4.29. The molecule has 92 valence electrons. The van der Waals surface area contributed by atoms with Gasteiger partial charge in [-0.25, -0.2) is 0 Å². The second-order valence-corrected chi connectivity index (χ2v) is 6.10. The van der Waals surface area contributed by atoms with E-state index >= 15 is 0 Å². The van der Waals surface area contributed by atoms with Crippen LogP contribution in [0, 0.1) is 18.8 Å². The second kappa shape index (κ2) is 5.72. The van der Waals surface area contributed by atoms with E-state index in [-0.39, 0.29) is 5.92 Å². The molecule has 0 heterocycles. The van der Waals surface area contributed by atoms with E-state index in [2.05, 4.69) is 19.9 Å². The first-order chi connectivity index (χ1) is 8.18. The van der Waals surface area contributed by atoms with E-state index in [0.717, 1.165) is 11.3 Å². The molecule has 1 aliphatic rings. The van der Waals surface area contributed by atoms with Crippen LogP contribution in [-0.2, 0) is 4.79 Å². The lowest BCUT2D eigenvalue weighted by Gasteiger charge is -2.27. The van der Waals surface area contributed by atoms with Crippen LogP contribution in [0.25, 0.3) is 0 Å². The van der Waals surface area contributed by atoms with Gasteiger partial charge in [-0.3, -0.25) is 4.79 Å². The van der Waals surface area contributed by atoms with Crippen molar-refractivity contribution in [1.82, 2.24) is 0 Å². The van der Waals surface area contributed by atoms with Gasteiger partial charge < -0.3 is 0 Å². The maximum atomic E-state index is 12.3. The summed E-state index contributed by atoms with van der Waals surface area (Å²) in [7, 11) is 0. The molecule has 1 saturated carbocycles. The summed E-state index contributed by atoms with van der Waals surface area (Å²) in [6.07, 6.45) is 4.80. The molecule has 1 nitrogen and oxygen atoms in total. The maximum Gasteiger partial charge on any atom is 0.197 e. The molecule has 2 rings (SSSR count). The summed E-state index contributed by atoms with van der Waals surface area (Å²) < 4.78 is 0. The van der Waals surface area contributed by atoms with Crippen molar-refractivity contribution in [1.29, 1.82) is 0 Å². The zero-order chi connectivity index (χ0) is 12.3. The predicted octanol–water partition coefficient (Wildman–Crippen LogP) is 4.44. The van der Waals surface area contributed by atoms with Crippen LogP contribution in [0.1, 0.15) is 38.2 Å². The van der Waals surface area contributed by atoms with Crippen molar-refractivity contribution in [2.45, 2.75) is 44.4 Å². The number of carbonyl (C=O) groups excluding carboxylic acids is 1. The largest absolute Gasteiger partial charge is 0.287 e. The molecule has 1 aromatic carbocycles. The summed E-state index contributed by atoms with van der Waals surface area (Å²) in [5.41, 5.74) is 1.20. The van der Waals surface area contributed by atoms with Gasteiger partial charge >= 0.3 is 0 Å². The van der Waals surface area contributed by atoms with Crippen LogP contribution in [0.5, 0.6) is 0 Å². The molecule has 1 aromatic rings. The van der Waals surface area contributed by atoms with Crippen LogP contribution in [0.4, 0.5) is 0 Å². The summed E-state index contributed by atoms with van der Waals surface area (Å²) in [4.78, 5) is 13.4. The third-order valence-corrected chi connectivity index (χ3v) is 4.90. The van der Waals surface area contributed by atoms with Crippen LogP contribution >= 0.6 is 11.8 Å². The maximum absolute atomic E-state index is 12.3. The summed E-state index contributed by atoms with van der Waals surface area (Å²) in [5.74, 6) is 0.834. The Labute approximate surface area is 108 Å². The first kappa shape index (κ1) is 12.7. The standard InChI is InChI=1S/C15H20OS/c1-11-7-3-5-9-13(11)15(16)17-14-10-6-4-8-12(14)2/h4,6,8,10-11,13H,3,5,7,9H2,1-2H3. The molecule has 17 heavy (non-hydrogen) atoms. The molecule has 2 unspecified atom stereocenters. The van der Waals surface area contributed by atoms with Crippen molar-refractivity contribution < 1.29 is 4.79 Å². The molecular weight excluding hydrogens is 228 g/mol. The van der Waals surface area contributed by atoms with Gasteiger partial charge in [-0.15, -0.1) is 0 Å². The Balaban J connectivity index is 2.03. The van der Waals surface area contributed by atoms with Gasteiger partial charge in [-0.1, -0.05) is 49.7 Å². The highest BCUT2D eigenvalue weighted by Gasteiger charge is 2.28. The Morgan fingerprint density at radius 2 is 1.94 bits per heavy atom. The Kier molecular flexibility index (Phi) is 4.27. The number of hydrogen-bond donors (Lipinski definition) is 0.